The van der Waals surface area contributed by atoms with Crippen LogP contribution in [0.3, 0.4) is 0 Å². The largest absolute Gasteiger partial charge is 0.332 e. The monoisotopic (exact) mass is 398 g/mol. The van der Waals surface area contributed by atoms with Gasteiger partial charge in [0.15, 0.2) is 5.11 Å². The lowest BCUT2D eigenvalue weighted by molar-refractivity contribution is -0.114. The number of anilines is 1. The molecule has 2 aromatic rings. The van der Waals surface area contributed by atoms with Crippen LogP contribution in [0.25, 0.3) is 0 Å². The summed E-state index contributed by atoms with van der Waals surface area (Å²) in [5.74, 6) is 5.53. The molecule has 0 bridgehead atoms. The molecule has 0 fully saturated rings. The fraction of sp³-hybridized carbons (Fsp3) is 0.273. The number of para-hydroxylation sites is 1. The van der Waals surface area contributed by atoms with Crippen LogP contribution in [0.1, 0.15) is 56.2 Å². The Morgan fingerprint density at radius 2 is 1.56 bits per heavy atom. The molecule has 3 nitrogen and oxygen atoms in total. The number of rotatable bonds is 3. The maximum absolute atomic E-state index is 12.1. The second kappa shape index (κ2) is 9.55. The lowest BCUT2D eigenvalue weighted by atomic mass is 9.93. The normalized spacial score (nSPS) is 10.3. The highest BCUT2D eigenvalue weighted by molar-refractivity contribution is 7.80. The van der Waals surface area contributed by atoms with Crippen molar-refractivity contribution in [2.24, 2.45) is 0 Å². The van der Waals surface area contributed by atoms with Gasteiger partial charge in [0, 0.05) is 22.2 Å². The highest BCUT2D eigenvalue weighted by Gasteiger charge is 2.15. The Bertz CT molecular complexity index is 867. The van der Waals surface area contributed by atoms with Crippen molar-refractivity contribution in [2.45, 2.75) is 39.5 Å². The van der Waals surface area contributed by atoms with E-state index in [0.717, 1.165) is 16.8 Å². The molecule has 0 saturated heterocycles. The first-order chi connectivity index (χ1) is 12.8. The van der Waals surface area contributed by atoms with Gasteiger partial charge in [-0.25, -0.2) is 0 Å². The Balaban J connectivity index is 2.12. The Morgan fingerprint density at radius 3 is 2.07 bits per heavy atom. The van der Waals surface area contributed by atoms with Crippen LogP contribution in [0, 0.1) is 11.8 Å². The number of amides is 1. The summed E-state index contributed by atoms with van der Waals surface area (Å²) in [7, 11) is 0. The second-order valence-electron chi connectivity index (χ2n) is 6.79. The van der Waals surface area contributed by atoms with E-state index in [1.807, 2.05) is 0 Å². The van der Waals surface area contributed by atoms with Gasteiger partial charge in [0.25, 0.3) is 0 Å². The lowest BCUT2D eigenvalue weighted by Crippen LogP contribution is -2.33. The molecule has 0 heterocycles. The average molecular weight is 399 g/mol. The lowest BCUT2D eigenvalue weighted by Gasteiger charge is -2.21. The molecule has 2 rings (SSSR count). The molecule has 0 radical (unpaired) electrons. The first-order valence-corrected chi connectivity index (χ1v) is 9.59. The van der Waals surface area contributed by atoms with E-state index in [4.69, 9.17) is 23.8 Å². The molecule has 1 amide bonds. The third kappa shape index (κ3) is 6.09. The summed E-state index contributed by atoms with van der Waals surface area (Å²) in [6, 6.07) is 13.2. The third-order valence-electron chi connectivity index (χ3n) is 4.00. The standard InChI is InChI=1S/C22H23ClN2OS/c1-14(2)18-6-5-7-19(15(3)4)21(18)25-22(27)24-20(26)13-10-16-8-11-17(23)12-9-16/h5-9,11-12,14-15H,1-4H3,(H2,24,25,26,27). The molecule has 0 unspecified atom stereocenters. The summed E-state index contributed by atoms with van der Waals surface area (Å²) in [6.45, 7) is 8.52. The maximum atomic E-state index is 12.1. The van der Waals surface area contributed by atoms with E-state index < -0.39 is 5.91 Å². The first-order valence-electron chi connectivity index (χ1n) is 8.80. The zero-order chi connectivity index (χ0) is 20.0. The van der Waals surface area contributed by atoms with E-state index in [2.05, 4.69) is 68.4 Å². The predicted molar refractivity (Wildman–Crippen MR) is 117 cm³/mol. The van der Waals surface area contributed by atoms with Gasteiger partial charge in [-0.1, -0.05) is 63.4 Å². The van der Waals surface area contributed by atoms with Crippen LogP contribution in [0.2, 0.25) is 5.02 Å². The van der Waals surface area contributed by atoms with Crippen LogP contribution in [0.15, 0.2) is 42.5 Å². The molecule has 0 saturated carbocycles. The summed E-state index contributed by atoms with van der Waals surface area (Å²) in [5, 5.41) is 6.68. The van der Waals surface area contributed by atoms with Crippen molar-refractivity contribution >= 4 is 40.5 Å². The molecule has 0 aromatic heterocycles. The van der Waals surface area contributed by atoms with Crippen molar-refractivity contribution in [1.29, 1.82) is 0 Å². The topological polar surface area (TPSA) is 41.1 Å². The molecule has 27 heavy (non-hydrogen) atoms. The number of hydrogen-bond acceptors (Lipinski definition) is 2. The summed E-state index contributed by atoms with van der Waals surface area (Å²) in [5.41, 5.74) is 3.98. The number of carbonyl (C=O) groups excluding carboxylic acids is 1. The first kappa shape index (κ1) is 21.0. The van der Waals surface area contributed by atoms with Crippen molar-refractivity contribution in [2.75, 3.05) is 5.32 Å². The molecular weight excluding hydrogens is 376 g/mol. The van der Waals surface area contributed by atoms with E-state index in [1.165, 1.54) is 0 Å². The van der Waals surface area contributed by atoms with Crippen LogP contribution in [-0.4, -0.2) is 11.0 Å². The van der Waals surface area contributed by atoms with Crippen LogP contribution in [0.5, 0.6) is 0 Å². The minimum Gasteiger partial charge on any atom is -0.332 e. The van der Waals surface area contributed by atoms with E-state index in [9.17, 15) is 4.79 Å². The van der Waals surface area contributed by atoms with Gasteiger partial charge in [-0.15, -0.1) is 0 Å². The van der Waals surface area contributed by atoms with Gasteiger partial charge in [0.05, 0.1) is 0 Å². The third-order valence-corrected chi connectivity index (χ3v) is 4.46. The van der Waals surface area contributed by atoms with Gasteiger partial charge in [-0.3, -0.25) is 10.1 Å². The van der Waals surface area contributed by atoms with E-state index in [1.54, 1.807) is 24.3 Å². The summed E-state index contributed by atoms with van der Waals surface area (Å²) >= 11 is 11.2. The summed E-state index contributed by atoms with van der Waals surface area (Å²) < 4.78 is 0. The van der Waals surface area contributed by atoms with Gasteiger partial charge in [0.2, 0.25) is 0 Å². The maximum Gasteiger partial charge on any atom is 0.302 e. The van der Waals surface area contributed by atoms with E-state index >= 15 is 0 Å². The molecular formula is C22H23ClN2OS. The van der Waals surface area contributed by atoms with E-state index in [0.29, 0.717) is 22.4 Å². The average Bonchev–Trinajstić information content (AvgIpc) is 2.60. The van der Waals surface area contributed by atoms with Crippen molar-refractivity contribution in [3.63, 3.8) is 0 Å². The van der Waals surface area contributed by atoms with Crippen LogP contribution in [0.4, 0.5) is 5.69 Å². The van der Waals surface area contributed by atoms with Crippen LogP contribution >= 0.6 is 23.8 Å². The molecule has 0 aliphatic rings. The quantitative estimate of drug-likeness (QED) is 0.533. The Kier molecular flexibility index (Phi) is 7.41. The van der Waals surface area contributed by atoms with E-state index in [-0.39, 0.29) is 5.11 Å². The zero-order valence-electron chi connectivity index (χ0n) is 15.9. The molecule has 0 atom stereocenters. The molecule has 2 N–H and O–H groups in total. The van der Waals surface area contributed by atoms with Gasteiger partial charge >= 0.3 is 5.91 Å². The van der Waals surface area contributed by atoms with Crippen molar-refractivity contribution in [3.8, 4) is 11.8 Å². The zero-order valence-corrected chi connectivity index (χ0v) is 17.5. The number of carbonyl (C=O) groups is 1. The van der Waals surface area contributed by atoms with Gasteiger partial charge in [-0.05, 0) is 59.4 Å². The molecule has 0 spiro atoms. The summed E-state index contributed by atoms with van der Waals surface area (Å²) in [4.78, 5) is 12.1. The fourth-order valence-corrected chi connectivity index (χ4v) is 2.96. The van der Waals surface area contributed by atoms with Crippen LogP contribution in [-0.2, 0) is 4.79 Å². The number of hydrogen-bond donors (Lipinski definition) is 2. The minimum atomic E-state index is -0.462. The van der Waals surface area contributed by atoms with Crippen molar-refractivity contribution in [1.82, 2.24) is 5.32 Å². The highest BCUT2D eigenvalue weighted by Crippen LogP contribution is 2.32. The smallest absolute Gasteiger partial charge is 0.302 e. The minimum absolute atomic E-state index is 0.236. The number of benzene rings is 2. The number of halogens is 1. The molecule has 2 aromatic carbocycles. The second-order valence-corrected chi connectivity index (χ2v) is 7.63. The highest BCUT2D eigenvalue weighted by atomic mass is 35.5. The SMILES string of the molecule is CC(C)c1cccc(C(C)C)c1NC(=S)NC(=O)C#Cc1ccc(Cl)cc1. The number of nitrogens with one attached hydrogen (secondary N) is 2. The molecule has 0 aliphatic heterocycles. The Hall–Kier alpha value is -2.35. The van der Waals surface area contributed by atoms with Gasteiger partial charge < -0.3 is 5.32 Å². The Labute approximate surface area is 171 Å². The van der Waals surface area contributed by atoms with Gasteiger partial charge in [-0.2, -0.15) is 0 Å². The number of thiocarbonyl (C=S) groups is 1. The van der Waals surface area contributed by atoms with Crippen LogP contribution < -0.4 is 10.6 Å². The molecule has 140 valence electrons. The summed E-state index contributed by atoms with van der Waals surface area (Å²) in [6.07, 6.45) is 0. The van der Waals surface area contributed by atoms with Crippen molar-refractivity contribution in [3.05, 3.63) is 64.2 Å². The van der Waals surface area contributed by atoms with Crippen molar-refractivity contribution < 1.29 is 4.79 Å². The predicted octanol–water partition coefficient (Wildman–Crippen LogP) is 5.45. The molecule has 5 heteroatoms. The fourth-order valence-electron chi connectivity index (χ4n) is 2.64. The molecule has 0 aliphatic carbocycles. The Morgan fingerprint density at radius 1 is 1.00 bits per heavy atom. The van der Waals surface area contributed by atoms with Gasteiger partial charge in [0.1, 0.15) is 0 Å².